The van der Waals surface area contributed by atoms with Crippen molar-refractivity contribution in [2.75, 3.05) is 0 Å². The number of rotatable bonds is 5. The molecule has 0 bridgehead atoms. The van der Waals surface area contributed by atoms with Crippen molar-refractivity contribution < 1.29 is 14.3 Å². The van der Waals surface area contributed by atoms with Crippen molar-refractivity contribution in [3.05, 3.63) is 11.6 Å². The highest BCUT2D eigenvalue weighted by molar-refractivity contribution is 5.66. The first-order valence-electron chi connectivity index (χ1n) is 4.34. The maximum absolute atomic E-state index is 10.5. The monoisotopic (exact) mass is 184 g/mol. The molecule has 0 aliphatic carbocycles. The Balaban J connectivity index is 3.89. The zero-order chi connectivity index (χ0) is 10.3. The number of carbonyl (C=O) groups excluding carboxylic acids is 2. The summed E-state index contributed by atoms with van der Waals surface area (Å²) in [4.78, 5) is 20.6. The summed E-state index contributed by atoms with van der Waals surface area (Å²) >= 11 is 0. The zero-order valence-corrected chi connectivity index (χ0v) is 8.37. The number of hydrogen-bond donors (Lipinski definition) is 0. The molecular formula is C10H16O3. The lowest BCUT2D eigenvalue weighted by molar-refractivity contribution is -0.143. The highest BCUT2D eigenvalue weighted by atomic mass is 16.5. The van der Waals surface area contributed by atoms with Crippen LogP contribution in [0.4, 0.5) is 0 Å². The van der Waals surface area contributed by atoms with Crippen molar-refractivity contribution in [3.8, 4) is 0 Å². The number of esters is 1. The van der Waals surface area contributed by atoms with Crippen LogP contribution in [0.1, 0.15) is 33.6 Å². The molecule has 1 unspecified atom stereocenters. The Bertz CT molecular complexity index is 206. The summed E-state index contributed by atoms with van der Waals surface area (Å²) in [6.45, 7) is 5.10. The number of ether oxygens (including phenoxy) is 1. The summed E-state index contributed by atoms with van der Waals surface area (Å²) in [6.07, 6.45) is 3.78. The third-order valence-corrected chi connectivity index (χ3v) is 1.53. The van der Waals surface area contributed by atoms with Gasteiger partial charge in [0.2, 0.25) is 0 Å². The van der Waals surface area contributed by atoms with E-state index in [1.165, 1.54) is 6.92 Å². The predicted octanol–water partition coefficient (Wildman–Crippen LogP) is 1.86. The fourth-order valence-corrected chi connectivity index (χ4v) is 1.07. The zero-order valence-electron chi connectivity index (χ0n) is 8.37. The van der Waals surface area contributed by atoms with Crippen LogP contribution in [0.2, 0.25) is 0 Å². The number of allylic oxidation sites excluding steroid dienone is 1. The molecule has 74 valence electrons. The van der Waals surface area contributed by atoms with Crippen molar-refractivity contribution in [3.63, 3.8) is 0 Å². The Morgan fingerprint density at radius 2 is 2.08 bits per heavy atom. The van der Waals surface area contributed by atoms with Gasteiger partial charge in [0.1, 0.15) is 12.4 Å². The van der Waals surface area contributed by atoms with E-state index in [4.69, 9.17) is 4.74 Å². The number of aldehydes is 1. The molecule has 0 saturated carbocycles. The Labute approximate surface area is 78.8 Å². The Morgan fingerprint density at radius 3 is 2.54 bits per heavy atom. The Hall–Kier alpha value is -1.12. The van der Waals surface area contributed by atoms with Gasteiger partial charge in [-0.3, -0.25) is 4.79 Å². The molecule has 0 N–H and O–H groups in total. The molecule has 0 aromatic carbocycles. The molecule has 0 fully saturated rings. The van der Waals surface area contributed by atoms with E-state index in [-0.39, 0.29) is 12.1 Å². The van der Waals surface area contributed by atoms with Gasteiger partial charge in [-0.05, 0) is 26.3 Å². The van der Waals surface area contributed by atoms with Crippen LogP contribution in [0.15, 0.2) is 11.6 Å². The van der Waals surface area contributed by atoms with E-state index >= 15 is 0 Å². The van der Waals surface area contributed by atoms with Crippen molar-refractivity contribution >= 4 is 12.3 Å². The minimum Gasteiger partial charge on any atom is -0.459 e. The fraction of sp³-hybridized carbons (Fsp3) is 0.600. The maximum atomic E-state index is 10.5. The first kappa shape index (κ1) is 11.9. The van der Waals surface area contributed by atoms with E-state index in [0.29, 0.717) is 6.42 Å². The largest absolute Gasteiger partial charge is 0.459 e. The maximum Gasteiger partial charge on any atom is 0.303 e. The lowest BCUT2D eigenvalue weighted by Crippen LogP contribution is -2.09. The fourth-order valence-electron chi connectivity index (χ4n) is 1.07. The first-order valence-corrected chi connectivity index (χ1v) is 4.34. The SMILES string of the molecule is CC(=O)OC(C)/C=C(/C)CCC=O. The number of hydrogen-bond acceptors (Lipinski definition) is 3. The minimum atomic E-state index is -0.285. The van der Waals surface area contributed by atoms with Gasteiger partial charge in [0.25, 0.3) is 0 Å². The molecule has 0 spiro atoms. The van der Waals surface area contributed by atoms with Crippen LogP contribution in [-0.4, -0.2) is 18.4 Å². The summed E-state index contributed by atoms with van der Waals surface area (Å²) in [5.74, 6) is -0.285. The standard InChI is InChI=1S/C10H16O3/c1-8(5-4-6-11)7-9(2)13-10(3)12/h6-7,9H,4-5H2,1-3H3/b8-7-. The van der Waals surface area contributed by atoms with Gasteiger partial charge in [-0.1, -0.05) is 5.57 Å². The summed E-state index contributed by atoms with van der Waals surface area (Å²) in [5.41, 5.74) is 1.07. The molecule has 0 rings (SSSR count). The average molecular weight is 184 g/mol. The summed E-state index contributed by atoms with van der Waals surface area (Å²) < 4.78 is 4.90. The van der Waals surface area contributed by atoms with Gasteiger partial charge >= 0.3 is 5.97 Å². The van der Waals surface area contributed by atoms with E-state index in [9.17, 15) is 9.59 Å². The van der Waals surface area contributed by atoms with E-state index in [2.05, 4.69) is 0 Å². The molecule has 0 aromatic rings. The molecule has 0 heterocycles. The van der Waals surface area contributed by atoms with Crippen LogP contribution in [0.5, 0.6) is 0 Å². The topological polar surface area (TPSA) is 43.4 Å². The van der Waals surface area contributed by atoms with Gasteiger partial charge in [-0.2, -0.15) is 0 Å². The van der Waals surface area contributed by atoms with Crippen molar-refractivity contribution in [1.29, 1.82) is 0 Å². The molecule has 3 nitrogen and oxygen atoms in total. The van der Waals surface area contributed by atoms with Crippen molar-refractivity contribution in [1.82, 2.24) is 0 Å². The first-order chi connectivity index (χ1) is 6.06. The van der Waals surface area contributed by atoms with Gasteiger partial charge in [0.05, 0.1) is 0 Å². The van der Waals surface area contributed by atoms with Gasteiger partial charge in [-0.25, -0.2) is 0 Å². The highest BCUT2D eigenvalue weighted by Gasteiger charge is 2.01. The van der Waals surface area contributed by atoms with Crippen LogP contribution in [0.25, 0.3) is 0 Å². The smallest absolute Gasteiger partial charge is 0.303 e. The van der Waals surface area contributed by atoms with Gasteiger partial charge < -0.3 is 9.53 Å². The molecule has 0 aliphatic rings. The third kappa shape index (κ3) is 7.25. The Morgan fingerprint density at radius 1 is 1.46 bits per heavy atom. The minimum absolute atomic E-state index is 0.204. The van der Waals surface area contributed by atoms with E-state index < -0.39 is 0 Å². The lowest BCUT2D eigenvalue weighted by atomic mass is 10.1. The van der Waals surface area contributed by atoms with E-state index in [1.54, 1.807) is 6.92 Å². The average Bonchev–Trinajstić information content (AvgIpc) is 1.98. The van der Waals surface area contributed by atoms with Crippen LogP contribution in [0.3, 0.4) is 0 Å². The molecular weight excluding hydrogens is 168 g/mol. The van der Waals surface area contributed by atoms with Crippen molar-refractivity contribution in [2.45, 2.75) is 39.7 Å². The number of carbonyl (C=O) groups is 2. The molecule has 0 amide bonds. The van der Waals surface area contributed by atoms with E-state index in [1.807, 2.05) is 13.0 Å². The van der Waals surface area contributed by atoms with Crippen LogP contribution in [-0.2, 0) is 14.3 Å². The van der Waals surface area contributed by atoms with Crippen LogP contribution >= 0.6 is 0 Å². The second kappa shape index (κ2) is 6.40. The second-order valence-electron chi connectivity index (χ2n) is 3.03. The second-order valence-corrected chi connectivity index (χ2v) is 3.03. The van der Waals surface area contributed by atoms with E-state index in [0.717, 1.165) is 18.3 Å². The molecule has 0 aromatic heterocycles. The molecule has 0 aliphatic heterocycles. The molecule has 13 heavy (non-hydrogen) atoms. The molecule has 1 atom stereocenters. The summed E-state index contributed by atoms with van der Waals surface area (Å²) in [6, 6.07) is 0. The van der Waals surface area contributed by atoms with Crippen LogP contribution < -0.4 is 0 Å². The molecule has 3 heteroatoms. The quantitative estimate of drug-likeness (QED) is 0.372. The highest BCUT2D eigenvalue weighted by Crippen LogP contribution is 2.05. The normalized spacial score (nSPS) is 13.6. The molecule has 0 saturated heterocycles. The molecule has 0 radical (unpaired) electrons. The Kier molecular flexibility index (Phi) is 5.85. The van der Waals surface area contributed by atoms with Crippen molar-refractivity contribution in [2.24, 2.45) is 0 Å². The summed E-state index contributed by atoms with van der Waals surface area (Å²) in [7, 11) is 0. The van der Waals surface area contributed by atoms with Gasteiger partial charge in [-0.15, -0.1) is 0 Å². The van der Waals surface area contributed by atoms with Gasteiger partial charge in [0.15, 0.2) is 0 Å². The predicted molar refractivity (Wildman–Crippen MR) is 50.3 cm³/mol. The summed E-state index contributed by atoms with van der Waals surface area (Å²) in [5, 5.41) is 0. The van der Waals surface area contributed by atoms with Gasteiger partial charge in [0, 0.05) is 13.3 Å². The van der Waals surface area contributed by atoms with Crippen LogP contribution in [0, 0.1) is 0 Å². The third-order valence-electron chi connectivity index (χ3n) is 1.53. The lowest BCUT2D eigenvalue weighted by Gasteiger charge is -2.07.